The van der Waals surface area contributed by atoms with Gasteiger partial charge in [-0.15, -0.1) is 0 Å². The second-order valence-corrected chi connectivity index (χ2v) is 11.6. The fraction of sp³-hybridized carbons (Fsp3) is 0.304. The summed E-state index contributed by atoms with van der Waals surface area (Å²) in [6, 6.07) is 16.3. The summed E-state index contributed by atoms with van der Waals surface area (Å²) >= 11 is 0. The van der Waals surface area contributed by atoms with Crippen molar-refractivity contribution in [1.29, 1.82) is 0 Å². The molecule has 1 aromatic heterocycles. The molecule has 4 saturated heterocycles. The topological polar surface area (TPSA) is 88.7 Å². The number of hydrogen-bond donors (Lipinski definition) is 3. The number of hydrogen-bond acceptors (Lipinski definition) is 6. The normalized spacial score (nSPS) is 34.6. The van der Waals surface area contributed by atoms with Crippen molar-refractivity contribution in [2.45, 2.75) is 27.7 Å². The molecule has 0 unspecified atom stereocenters. The van der Waals surface area contributed by atoms with E-state index in [1.54, 1.807) is 11.9 Å². The highest BCUT2D eigenvalue weighted by Gasteiger charge is 2.78. The Kier molecular flexibility index (Phi) is 3.45. The maximum atomic E-state index is 13.9. The summed E-state index contributed by atoms with van der Waals surface area (Å²) in [5, 5.41) is 14.9. The Morgan fingerprint density at radius 3 is 2.69 bits per heavy atom. The van der Waals surface area contributed by atoms with Gasteiger partial charge in [0, 0.05) is 36.3 Å². The summed E-state index contributed by atoms with van der Waals surface area (Å²) in [5.74, 6) is -0.333. The van der Waals surface area contributed by atoms with Crippen LogP contribution in [-0.4, -0.2) is 61.3 Å². The first kappa shape index (κ1) is 18.9. The average molecular weight is 465 g/mol. The second-order valence-electron chi connectivity index (χ2n) is 8.92. The molecule has 4 atom stereocenters. The third-order valence-corrected chi connectivity index (χ3v) is 11.3. The van der Waals surface area contributed by atoms with Gasteiger partial charge in [-0.3, -0.25) is 14.5 Å². The molecular formula is C23H20N4O3S2. The fourth-order valence-corrected chi connectivity index (χ4v) is 9.77. The van der Waals surface area contributed by atoms with Gasteiger partial charge in [0.15, 0.2) is 4.87 Å². The van der Waals surface area contributed by atoms with Crippen LogP contribution in [0.3, 0.4) is 0 Å². The Morgan fingerprint density at radius 2 is 1.84 bits per heavy atom. The molecule has 5 aliphatic rings. The SMILES string of the molecule is CN1C(=O)[C@@]23C[C@@]4(c5c[nH]c6ccccc56)c5ccccc5N[C@@H]4N2C(=O)[C@]1(CO)SS3. The smallest absolute Gasteiger partial charge is 0.265 e. The Bertz CT molecular complexity index is 1340. The molecule has 2 bridgehead atoms. The first-order chi connectivity index (χ1) is 15.5. The highest BCUT2D eigenvalue weighted by Crippen LogP contribution is 2.70. The van der Waals surface area contributed by atoms with Crippen LogP contribution in [0.5, 0.6) is 0 Å². The van der Waals surface area contributed by atoms with Crippen LogP contribution in [0.25, 0.3) is 10.9 Å². The number of aliphatic hydroxyl groups excluding tert-OH is 1. The molecule has 6 heterocycles. The summed E-state index contributed by atoms with van der Waals surface area (Å²) in [7, 11) is 4.37. The van der Waals surface area contributed by atoms with Gasteiger partial charge in [0.2, 0.25) is 4.87 Å². The number of nitrogens with one attached hydrogen (secondary N) is 2. The van der Waals surface area contributed by atoms with Crippen LogP contribution >= 0.6 is 21.6 Å². The number of piperazine rings is 1. The lowest BCUT2D eigenvalue weighted by Crippen LogP contribution is -2.77. The van der Waals surface area contributed by atoms with Crippen LogP contribution in [0, 0.1) is 0 Å². The largest absolute Gasteiger partial charge is 0.392 e. The van der Waals surface area contributed by atoms with Crippen LogP contribution in [0.2, 0.25) is 0 Å². The van der Waals surface area contributed by atoms with Crippen LogP contribution in [0.15, 0.2) is 54.7 Å². The van der Waals surface area contributed by atoms with Crippen molar-refractivity contribution >= 4 is 50.0 Å². The van der Waals surface area contributed by atoms with Gasteiger partial charge in [0.25, 0.3) is 11.8 Å². The summed E-state index contributed by atoms with van der Waals surface area (Å²) < 4.78 is 0. The number of carbonyl (C=O) groups excluding carboxylic acids is 2. The van der Waals surface area contributed by atoms with Crippen molar-refractivity contribution in [1.82, 2.24) is 14.8 Å². The molecule has 9 heteroatoms. The van der Waals surface area contributed by atoms with Gasteiger partial charge in [-0.05, 0) is 34.1 Å². The van der Waals surface area contributed by atoms with Gasteiger partial charge in [-0.2, -0.15) is 0 Å². The number of aromatic nitrogens is 1. The van der Waals surface area contributed by atoms with Gasteiger partial charge >= 0.3 is 0 Å². The zero-order valence-electron chi connectivity index (χ0n) is 17.2. The Hall–Kier alpha value is -2.62. The number of H-pyrrole nitrogens is 1. The predicted molar refractivity (Wildman–Crippen MR) is 125 cm³/mol. The maximum Gasteiger partial charge on any atom is 0.265 e. The molecular weight excluding hydrogens is 444 g/mol. The number of likely N-dealkylation sites (N-methyl/N-ethyl adjacent to an activating group) is 1. The monoisotopic (exact) mass is 464 g/mol. The zero-order valence-corrected chi connectivity index (χ0v) is 18.8. The minimum atomic E-state index is -1.30. The summed E-state index contributed by atoms with van der Waals surface area (Å²) in [6.07, 6.45) is 2.06. The van der Waals surface area contributed by atoms with Gasteiger partial charge < -0.3 is 20.3 Å². The lowest BCUT2D eigenvalue weighted by Gasteiger charge is -2.57. The molecule has 3 N–H and O–H groups in total. The fourth-order valence-electron chi connectivity index (χ4n) is 6.14. The van der Waals surface area contributed by atoms with E-state index in [-0.39, 0.29) is 11.8 Å². The van der Waals surface area contributed by atoms with E-state index in [1.807, 2.05) is 42.6 Å². The number of anilines is 1. The van der Waals surface area contributed by atoms with Gasteiger partial charge in [-0.25, -0.2) is 0 Å². The Morgan fingerprint density at radius 1 is 1.06 bits per heavy atom. The van der Waals surface area contributed by atoms with E-state index in [0.29, 0.717) is 6.42 Å². The van der Waals surface area contributed by atoms with Crippen LogP contribution in [0.4, 0.5) is 5.69 Å². The highest BCUT2D eigenvalue weighted by atomic mass is 33.1. The standard InChI is InChI=1S/C23H20N4O3S2/c1-26-19(29)22-11-21(15-10-24-16-8-4-2-6-13(15)16)14-7-3-5-9-17(14)25-18(21)27(22)20(30)23(26,12-28)32-31-22/h2-10,18,24-25,28H,11-12H2,1H3/t18-,21+,22+,23+/m1/s1. The van der Waals surface area contributed by atoms with Crippen molar-refractivity contribution in [2.24, 2.45) is 0 Å². The molecule has 0 saturated carbocycles. The predicted octanol–water partition coefficient (Wildman–Crippen LogP) is 2.69. The van der Waals surface area contributed by atoms with Gasteiger partial charge in [0.05, 0.1) is 12.0 Å². The lowest BCUT2D eigenvalue weighted by molar-refractivity contribution is -0.166. The van der Waals surface area contributed by atoms with Crippen LogP contribution < -0.4 is 5.32 Å². The van der Waals surface area contributed by atoms with Crippen molar-refractivity contribution < 1.29 is 14.7 Å². The van der Waals surface area contributed by atoms with E-state index in [2.05, 4.69) is 22.4 Å². The molecule has 7 nitrogen and oxygen atoms in total. The third-order valence-electron chi connectivity index (χ3n) is 7.67. The van der Waals surface area contributed by atoms with Gasteiger partial charge in [0.1, 0.15) is 6.17 Å². The quantitative estimate of drug-likeness (QED) is 0.506. The summed E-state index contributed by atoms with van der Waals surface area (Å²) in [6.45, 7) is -0.419. The number of amides is 2. The molecule has 5 aliphatic heterocycles. The second kappa shape index (κ2) is 5.84. The third kappa shape index (κ3) is 1.82. The highest BCUT2D eigenvalue weighted by molar-refractivity contribution is 8.78. The van der Waals surface area contributed by atoms with Crippen LogP contribution in [-0.2, 0) is 15.0 Å². The van der Waals surface area contributed by atoms with E-state index in [9.17, 15) is 14.7 Å². The molecule has 162 valence electrons. The van der Waals surface area contributed by atoms with E-state index < -0.39 is 27.9 Å². The molecule has 8 rings (SSSR count). The number of nitrogens with zero attached hydrogens (tertiary/aromatic N) is 2. The number of carbonyl (C=O) groups is 2. The molecule has 3 aromatic rings. The lowest BCUT2D eigenvalue weighted by atomic mass is 9.72. The first-order valence-electron chi connectivity index (χ1n) is 10.5. The Labute approximate surface area is 191 Å². The van der Waals surface area contributed by atoms with E-state index in [1.165, 1.54) is 26.5 Å². The first-order valence-corrected chi connectivity index (χ1v) is 12.7. The molecule has 2 aromatic carbocycles. The molecule has 0 radical (unpaired) electrons. The molecule has 0 aliphatic carbocycles. The van der Waals surface area contributed by atoms with E-state index in [4.69, 9.17) is 0 Å². The van der Waals surface area contributed by atoms with Crippen molar-refractivity contribution in [3.05, 3.63) is 65.9 Å². The van der Waals surface area contributed by atoms with Crippen molar-refractivity contribution in [3.8, 4) is 0 Å². The number of para-hydroxylation sites is 2. The molecule has 32 heavy (non-hydrogen) atoms. The number of fused-ring (bicyclic) bond motifs is 6. The number of rotatable bonds is 2. The molecule has 4 fully saturated rings. The van der Waals surface area contributed by atoms with E-state index >= 15 is 0 Å². The number of aliphatic hydroxyl groups is 1. The number of aromatic amines is 1. The van der Waals surface area contributed by atoms with Crippen LogP contribution in [0.1, 0.15) is 17.5 Å². The maximum absolute atomic E-state index is 13.9. The number of benzene rings is 2. The van der Waals surface area contributed by atoms with E-state index in [0.717, 1.165) is 27.7 Å². The van der Waals surface area contributed by atoms with Crippen molar-refractivity contribution in [2.75, 3.05) is 19.0 Å². The van der Waals surface area contributed by atoms with Crippen molar-refractivity contribution in [3.63, 3.8) is 0 Å². The zero-order chi connectivity index (χ0) is 21.9. The minimum Gasteiger partial charge on any atom is -0.392 e. The van der Waals surface area contributed by atoms with Gasteiger partial charge in [-0.1, -0.05) is 47.2 Å². The minimum absolute atomic E-state index is 0.122. The average Bonchev–Trinajstić information content (AvgIpc) is 3.46. The summed E-state index contributed by atoms with van der Waals surface area (Å²) in [5.41, 5.74) is 3.56. The Balaban J connectivity index is 1.54. The molecule has 1 spiro atoms. The molecule has 2 amide bonds. The summed E-state index contributed by atoms with van der Waals surface area (Å²) in [4.78, 5) is 32.0.